The van der Waals surface area contributed by atoms with Gasteiger partial charge >= 0.3 is 18.2 Å². The minimum Gasteiger partial charge on any atom is -0.478 e. The van der Waals surface area contributed by atoms with Crippen LogP contribution < -0.4 is 21.7 Å². The molecule has 212 valence electrons. The number of amides is 3. The Morgan fingerprint density at radius 1 is 0.684 bits per heavy atom. The Labute approximate surface area is 229 Å². The largest absolute Gasteiger partial charge is 0.478 e. The minimum atomic E-state index is -1.01. The molecule has 2 aromatic carbocycles. The number of hydrogen-bond acceptors (Lipinski definition) is 7. The van der Waals surface area contributed by atoms with Crippen molar-refractivity contribution < 1.29 is 33.8 Å². The number of carboxylic acid groups (broad SMARTS) is 1. The number of carbonyl (C=O) groups excluding carboxylic acids is 3. The lowest BCUT2D eigenvalue weighted by Crippen LogP contribution is -2.27. The Bertz CT molecular complexity index is 1030. The van der Waals surface area contributed by atoms with E-state index in [0.717, 1.165) is 0 Å². The van der Waals surface area contributed by atoms with E-state index in [0.29, 0.717) is 16.9 Å². The summed E-state index contributed by atoms with van der Waals surface area (Å²) in [4.78, 5) is 44.8. The van der Waals surface area contributed by atoms with Crippen LogP contribution in [0.2, 0.25) is 0 Å². The van der Waals surface area contributed by atoms with Crippen LogP contribution in [0.15, 0.2) is 48.5 Å². The van der Waals surface area contributed by atoms with Gasteiger partial charge in [0.2, 0.25) is 0 Å². The van der Waals surface area contributed by atoms with E-state index in [-0.39, 0.29) is 23.9 Å². The van der Waals surface area contributed by atoms with E-state index in [1.54, 1.807) is 72.9 Å². The second kappa shape index (κ2) is 16.8. The summed E-state index contributed by atoms with van der Waals surface area (Å²) in [5, 5.41) is 16.3. The number of hydrogen-bond donors (Lipinski definition) is 5. The summed E-state index contributed by atoms with van der Waals surface area (Å²) >= 11 is 0. The van der Waals surface area contributed by atoms with Crippen LogP contribution >= 0.6 is 12.4 Å². The molecule has 0 bridgehead atoms. The molecule has 2 aromatic rings. The number of anilines is 2. The summed E-state index contributed by atoms with van der Waals surface area (Å²) in [6.45, 7) is 10.7. The Balaban J connectivity index is 0. The highest BCUT2D eigenvalue weighted by atomic mass is 35.5. The molecule has 0 aliphatic heterocycles. The predicted octanol–water partition coefficient (Wildman–Crippen LogP) is 5.12. The topological polar surface area (TPSA) is 169 Å². The third kappa shape index (κ3) is 16.0. The molecule has 11 nitrogen and oxygen atoms in total. The van der Waals surface area contributed by atoms with Gasteiger partial charge in [0.15, 0.2) is 0 Å². The van der Waals surface area contributed by atoms with Crippen molar-refractivity contribution in [1.29, 1.82) is 0 Å². The van der Waals surface area contributed by atoms with Crippen molar-refractivity contribution in [2.45, 2.75) is 52.7 Å². The van der Waals surface area contributed by atoms with Crippen LogP contribution in [0.3, 0.4) is 0 Å². The second-order valence-corrected chi connectivity index (χ2v) is 9.29. The van der Waals surface area contributed by atoms with Crippen molar-refractivity contribution in [3.63, 3.8) is 0 Å². The maximum atomic E-state index is 11.5. The van der Waals surface area contributed by atoms with Gasteiger partial charge in [-0.1, -0.05) is 0 Å². The normalized spacial score (nSPS) is 10.0. The fraction of sp³-hybridized carbons (Fsp3) is 0.385. The first-order valence-electron chi connectivity index (χ1n) is 11.3. The number of ether oxygens (including phenoxy) is 2. The number of aromatic carboxylic acids is 1. The molecule has 38 heavy (non-hydrogen) atoms. The standard InChI is InChI=1S/C13H18N2O3.C12H15NO4.CH5N.ClH/c1-13(2,3)18-12(17)15-10-7-5-9(6-8-10)11(16)14-4;1-12(2,3)17-11(16)13-9-6-4-8(5-7-9)10(14)15;1-2;/h5-8H,1-4H3,(H,14,16)(H,15,17);4-7H,1-3H3,(H,13,16)(H,14,15);2H2,1H3;1H. The lowest BCUT2D eigenvalue weighted by atomic mass is 10.2. The first kappa shape index (κ1) is 36.3. The number of nitrogens with one attached hydrogen (secondary N) is 3. The van der Waals surface area contributed by atoms with Gasteiger partial charge in [0.1, 0.15) is 11.2 Å². The smallest absolute Gasteiger partial charge is 0.412 e. The average Bonchev–Trinajstić information content (AvgIpc) is 2.78. The quantitative estimate of drug-likeness (QED) is 0.346. The van der Waals surface area contributed by atoms with Gasteiger partial charge in [0, 0.05) is 24.0 Å². The van der Waals surface area contributed by atoms with E-state index in [9.17, 15) is 19.2 Å². The SMILES string of the molecule is CC(C)(C)OC(=O)Nc1ccc(C(=O)O)cc1.CN.CNC(=O)c1ccc(NC(=O)OC(C)(C)C)cc1.Cl. The van der Waals surface area contributed by atoms with E-state index < -0.39 is 29.4 Å². The Morgan fingerprint density at radius 2 is 1.00 bits per heavy atom. The van der Waals surface area contributed by atoms with E-state index >= 15 is 0 Å². The molecule has 0 heterocycles. The lowest BCUT2D eigenvalue weighted by molar-refractivity contribution is 0.0624. The molecule has 0 aromatic heterocycles. The van der Waals surface area contributed by atoms with Crippen molar-refractivity contribution in [2.75, 3.05) is 24.7 Å². The number of benzene rings is 2. The fourth-order valence-corrected chi connectivity index (χ4v) is 2.39. The molecule has 0 saturated heterocycles. The van der Waals surface area contributed by atoms with Gasteiger partial charge in [0.25, 0.3) is 5.91 Å². The highest BCUT2D eigenvalue weighted by Gasteiger charge is 2.17. The molecule has 0 spiro atoms. The molecule has 0 atom stereocenters. The van der Waals surface area contributed by atoms with Crippen molar-refractivity contribution in [3.8, 4) is 0 Å². The third-order valence-electron chi connectivity index (χ3n) is 3.80. The first-order chi connectivity index (χ1) is 17.1. The van der Waals surface area contributed by atoms with Gasteiger partial charge in [-0.2, -0.15) is 0 Å². The lowest BCUT2D eigenvalue weighted by Gasteiger charge is -2.19. The maximum absolute atomic E-state index is 11.5. The summed E-state index contributed by atoms with van der Waals surface area (Å²) < 4.78 is 10.2. The second-order valence-electron chi connectivity index (χ2n) is 9.29. The van der Waals surface area contributed by atoms with Gasteiger partial charge in [-0.3, -0.25) is 15.4 Å². The van der Waals surface area contributed by atoms with Crippen molar-refractivity contribution >= 4 is 47.8 Å². The van der Waals surface area contributed by atoms with Gasteiger partial charge in [-0.15, -0.1) is 12.4 Å². The minimum absolute atomic E-state index is 0. The Morgan fingerprint density at radius 3 is 1.26 bits per heavy atom. The molecule has 12 heteroatoms. The molecule has 0 radical (unpaired) electrons. The summed E-state index contributed by atoms with van der Waals surface area (Å²) in [6, 6.07) is 12.4. The first-order valence-corrected chi connectivity index (χ1v) is 11.3. The number of carbonyl (C=O) groups is 4. The van der Waals surface area contributed by atoms with Crippen molar-refractivity contribution in [1.82, 2.24) is 5.32 Å². The molecule has 0 aliphatic carbocycles. The van der Waals surface area contributed by atoms with Gasteiger partial charge < -0.3 is 25.6 Å². The van der Waals surface area contributed by atoms with Crippen LogP contribution in [-0.4, -0.2) is 54.5 Å². The van der Waals surface area contributed by atoms with Crippen LogP contribution in [0.1, 0.15) is 62.3 Å². The molecule has 2 rings (SSSR count). The number of carboxylic acids is 1. The van der Waals surface area contributed by atoms with E-state index in [1.165, 1.54) is 31.3 Å². The summed E-state index contributed by atoms with van der Waals surface area (Å²) in [6.07, 6.45) is -1.09. The van der Waals surface area contributed by atoms with E-state index in [2.05, 4.69) is 21.7 Å². The highest BCUT2D eigenvalue weighted by Crippen LogP contribution is 2.14. The zero-order chi connectivity index (χ0) is 28.8. The number of nitrogens with two attached hydrogens (primary N) is 1. The van der Waals surface area contributed by atoms with Crippen LogP contribution in [0.5, 0.6) is 0 Å². The molecular weight excluding hydrogens is 516 g/mol. The number of rotatable bonds is 4. The van der Waals surface area contributed by atoms with Gasteiger partial charge in [0.05, 0.1) is 5.56 Å². The number of halogens is 1. The van der Waals surface area contributed by atoms with E-state index in [1.807, 2.05) is 0 Å². The van der Waals surface area contributed by atoms with E-state index in [4.69, 9.17) is 14.6 Å². The van der Waals surface area contributed by atoms with Crippen LogP contribution in [-0.2, 0) is 9.47 Å². The zero-order valence-corrected chi connectivity index (χ0v) is 23.8. The highest BCUT2D eigenvalue weighted by molar-refractivity contribution is 5.95. The average molecular weight is 555 g/mol. The predicted molar refractivity (Wildman–Crippen MR) is 150 cm³/mol. The van der Waals surface area contributed by atoms with Gasteiger partial charge in [-0.05, 0) is 97.1 Å². The third-order valence-corrected chi connectivity index (χ3v) is 3.80. The molecule has 0 fully saturated rings. The van der Waals surface area contributed by atoms with Gasteiger partial charge in [-0.25, -0.2) is 14.4 Å². The molecule has 0 unspecified atom stereocenters. The van der Waals surface area contributed by atoms with Crippen molar-refractivity contribution in [2.24, 2.45) is 5.73 Å². The molecule has 0 saturated carbocycles. The molecule has 3 amide bonds. The Hall–Kier alpha value is -3.83. The van der Waals surface area contributed by atoms with Crippen LogP contribution in [0, 0.1) is 0 Å². The zero-order valence-electron chi connectivity index (χ0n) is 23.0. The fourth-order valence-electron chi connectivity index (χ4n) is 2.39. The molecule has 6 N–H and O–H groups in total. The monoisotopic (exact) mass is 554 g/mol. The molecular formula is C26H39ClN4O7. The van der Waals surface area contributed by atoms with Crippen molar-refractivity contribution in [3.05, 3.63) is 59.7 Å². The summed E-state index contributed by atoms with van der Waals surface area (Å²) in [7, 11) is 3.06. The summed E-state index contributed by atoms with van der Waals surface area (Å²) in [5.41, 5.74) is 5.17. The van der Waals surface area contributed by atoms with Crippen LogP contribution in [0.25, 0.3) is 0 Å². The summed E-state index contributed by atoms with van der Waals surface area (Å²) in [5.74, 6) is -1.17. The maximum Gasteiger partial charge on any atom is 0.412 e. The Kier molecular flexibility index (Phi) is 16.1. The molecule has 0 aliphatic rings. The van der Waals surface area contributed by atoms with Crippen LogP contribution in [0.4, 0.5) is 21.0 Å².